The number of rotatable bonds is 6. The summed E-state index contributed by atoms with van der Waals surface area (Å²) in [7, 11) is 0. The van der Waals surface area contributed by atoms with E-state index in [9.17, 15) is 14.9 Å². The molecule has 0 aromatic heterocycles. The van der Waals surface area contributed by atoms with Crippen LogP contribution in [0.4, 0.5) is 11.4 Å². The zero-order valence-electron chi connectivity index (χ0n) is 12.1. The van der Waals surface area contributed by atoms with Gasteiger partial charge in [-0.05, 0) is 25.1 Å². The average Bonchev–Trinajstić information content (AvgIpc) is 2.49. The molecule has 0 bridgehead atoms. The first-order chi connectivity index (χ1) is 10.5. The van der Waals surface area contributed by atoms with Gasteiger partial charge in [0, 0.05) is 34.9 Å². The zero-order chi connectivity index (χ0) is 15.9. The minimum Gasteiger partial charge on any atom is -0.326 e. The number of carbonyl (C=O) groups excluding carboxylic acids is 1. The number of nitrogens with one attached hydrogen (secondary N) is 1. The molecular weight excluding hydrogens is 300 g/mol. The molecule has 0 heterocycles. The summed E-state index contributed by atoms with van der Waals surface area (Å²) in [5.41, 5.74) is 1.61. The van der Waals surface area contributed by atoms with Crippen LogP contribution in [0.3, 0.4) is 0 Å². The number of nitrogens with zero attached hydrogens (tertiary/aromatic N) is 1. The van der Waals surface area contributed by atoms with Gasteiger partial charge in [-0.15, -0.1) is 11.8 Å². The SMILES string of the molecule is Cc1ccc(SCCC(=O)Nc2cccc([N+](=O)[O-])c2)cc1. The maximum absolute atomic E-state index is 11.8. The summed E-state index contributed by atoms with van der Waals surface area (Å²) in [6.07, 6.45) is 0.348. The Hall–Kier alpha value is -2.34. The van der Waals surface area contributed by atoms with Crippen molar-refractivity contribution in [1.82, 2.24) is 0 Å². The number of hydrogen-bond donors (Lipinski definition) is 1. The van der Waals surface area contributed by atoms with E-state index in [-0.39, 0.29) is 11.6 Å². The molecule has 2 rings (SSSR count). The number of anilines is 1. The van der Waals surface area contributed by atoms with Crippen LogP contribution in [0.5, 0.6) is 0 Å². The monoisotopic (exact) mass is 316 g/mol. The number of benzene rings is 2. The summed E-state index contributed by atoms with van der Waals surface area (Å²) >= 11 is 1.61. The Bertz CT molecular complexity index is 671. The summed E-state index contributed by atoms with van der Waals surface area (Å²) in [5, 5.41) is 13.4. The van der Waals surface area contributed by atoms with Gasteiger partial charge in [-0.3, -0.25) is 14.9 Å². The highest BCUT2D eigenvalue weighted by molar-refractivity contribution is 7.99. The number of amides is 1. The van der Waals surface area contributed by atoms with Gasteiger partial charge >= 0.3 is 0 Å². The van der Waals surface area contributed by atoms with E-state index in [0.29, 0.717) is 17.9 Å². The van der Waals surface area contributed by atoms with Crippen LogP contribution in [0.1, 0.15) is 12.0 Å². The molecule has 0 spiro atoms. The molecule has 5 nitrogen and oxygen atoms in total. The van der Waals surface area contributed by atoms with Crippen LogP contribution in [-0.4, -0.2) is 16.6 Å². The minimum atomic E-state index is -0.483. The van der Waals surface area contributed by atoms with Crippen LogP contribution >= 0.6 is 11.8 Å². The molecule has 0 saturated heterocycles. The lowest BCUT2D eigenvalue weighted by molar-refractivity contribution is -0.384. The molecule has 0 atom stereocenters. The third-order valence-corrected chi connectivity index (χ3v) is 3.97. The number of nitro groups is 1. The molecule has 0 unspecified atom stereocenters. The molecule has 0 aliphatic carbocycles. The number of non-ortho nitro benzene ring substituents is 1. The fourth-order valence-corrected chi connectivity index (χ4v) is 2.67. The second-order valence-corrected chi connectivity index (χ2v) is 5.94. The van der Waals surface area contributed by atoms with Crippen molar-refractivity contribution in [3.63, 3.8) is 0 Å². The van der Waals surface area contributed by atoms with Gasteiger partial charge in [0.05, 0.1) is 4.92 Å². The molecule has 1 N–H and O–H groups in total. The molecule has 22 heavy (non-hydrogen) atoms. The first kappa shape index (κ1) is 16.0. The topological polar surface area (TPSA) is 72.2 Å². The van der Waals surface area contributed by atoms with Gasteiger partial charge in [0.15, 0.2) is 0 Å². The van der Waals surface area contributed by atoms with E-state index >= 15 is 0 Å². The molecule has 0 saturated carbocycles. The fraction of sp³-hybridized carbons (Fsp3) is 0.188. The minimum absolute atomic E-state index is 0.0353. The normalized spacial score (nSPS) is 10.2. The summed E-state index contributed by atoms with van der Waals surface area (Å²) < 4.78 is 0. The van der Waals surface area contributed by atoms with Crippen molar-refractivity contribution < 1.29 is 9.72 Å². The van der Waals surface area contributed by atoms with Crippen molar-refractivity contribution in [2.24, 2.45) is 0 Å². The lowest BCUT2D eigenvalue weighted by Gasteiger charge is -2.05. The Morgan fingerprint density at radius 1 is 1.23 bits per heavy atom. The Labute approximate surface area is 132 Å². The van der Waals surface area contributed by atoms with Crippen molar-refractivity contribution in [2.75, 3.05) is 11.1 Å². The maximum Gasteiger partial charge on any atom is 0.271 e. The van der Waals surface area contributed by atoms with Gasteiger partial charge in [-0.25, -0.2) is 0 Å². The Morgan fingerprint density at radius 3 is 2.64 bits per heavy atom. The van der Waals surface area contributed by atoms with Crippen LogP contribution < -0.4 is 5.32 Å². The van der Waals surface area contributed by atoms with Gasteiger partial charge in [-0.1, -0.05) is 23.8 Å². The van der Waals surface area contributed by atoms with Crippen LogP contribution in [0, 0.1) is 17.0 Å². The Morgan fingerprint density at radius 2 is 1.95 bits per heavy atom. The maximum atomic E-state index is 11.8. The van der Waals surface area contributed by atoms with Crippen molar-refractivity contribution in [2.45, 2.75) is 18.2 Å². The highest BCUT2D eigenvalue weighted by Crippen LogP contribution is 2.20. The van der Waals surface area contributed by atoms with Crippen molar-refractivity contribution in [3.8, 4) is 0 Å². The molecule has 2 aromatic carbocycles. The number of nitro benzene ring substituents is 1. The van der Waals surface area contributed by atoms with Crippen molar-refractivity contribution >= 4 is 29.0 Å². The van der Waals surface area contributed by atoms with E-state index in [1.54, 1.807) is 23.9 Å². The van der Waals surface area contributed by atoms with Gasteiger partial charge < -0.3 is 5.32 Å². The average molecular weight is 316 g/mol. The highest BCUT2D eigenvalue weighted by atomic mass is 32.2. The summed E-state index contributed by atoms with van der Waals surface area (Å²) in [4.78, 5) is 23.2. The smallest absolute Gasteiger partial charge is 0.271 e. The third kappa shape index (κ3) is 4.89. The first-order valence-corrected chi connectivity index (χ1v) is 7.77. The number of thioether (sulfide) groups is 1. The molecule has 114 valence electrons. The lowest BCUT2D eigenvalue weighted by Crippen LogP contribution is -2.12. The predicted molar refractivity (Wildman–Crippen MR) is 88.2 cm³/mol. The van der Waals surface area contributed by atoms with E-state index < -0.39 is 4.92 Å². The largest absolute Gasteiger partial charge is 0.326 e. The van der Waals surface area contributed by atoms with Gasteiger partial charge in [0.25, 0.3) is 5.69 Å². The second-order valence-electron chi connectivity index (χ2n) is 4.77. The highest BCUT2D eigenvalue weighted by Gasteiger charge is 2.08. The van der Waals surface area contributed by atoms with E-state index in [1.165, 1.54) is 17.7 Å². The van der Waals surface area contributed by atoms with Crippen LogP contribution in [0.2, 0.25) is 0 Å². The first-order valence-electron chi connectivity index (χ1n) is 6.78. The summed E-state index contributed by atoms with van der Waals surface area (Å²) in [6.45, 7) is 2.03. The quantitative estimate of drug-likeness (QED) is 0.496. The molecule has 1 amide bonds. The Kier molecular flexibility index (Phi) is 5.55. The van der Waals surface area contributed by atoms with Crippen molar-refractivity contribution in [3.05, 3.63) is 64.2 Å². The van der Waals surface area contributed by atoms with Gasteiger partial charge in [-0.2, -0.15) is 0 Å². The van der Waals surface area contributed by atoms with E-state index in [0.717, 1.165) is 4.90 Å². The molecule has 2 aromatic rings. The van der Waals surface area contributed by atoms with Gasteiger partial charge in [0.2, 0.25) is 5.91 Å². The molecule has 0 fully saturated rings. The standard InChI is InChI=1S/C16H16N2O3S/c1-12-5-7-15(8-6-12)22-10-9-16(19)17-13-3-2-4-14(11-13)18(20)21/h2-8,11H,9-10H2,1H3,(H,17,19). The van der Waals surface area contributed by atoms with Crippen LogP contribution in [0.15, 0.2) is 53.4 Å². The van der Waals surface area contributed by atoms with Gasteiger partial charge in [0.1, 0.15) is 0 Å². The third-order valence-electron chi connectivity index (χ3n) is 2.96. The van der Waals surface area contributed by atoms with E-state index in [2.05, 4.69) is 5.32 Å². The summed E-state index contributed by atoms with van der Waals surface area (Å²) in [6, 6.07) is 14.1. The summed E-state index contributed by atoms with van der Waals surface area (Å²) in [5.74, 6) is 0.504. The molecular formula is C16H16N2O3S. The molecule has 0 aliphatic rings. The predicted octanol–water partition coefficient (Wildman–Crippen LogP) is 4.02. The molecule has 0 aliphatic heterocycles. The lowest BCUT2D eigenvalue weighted by atomic mass is 10.2. The number of hydrogen-bond acceptors (Lipinski definition) is 4. The van der Waals surface area contributed by atoms with Crippen LogP contribution in [0.25, 0.3) is 0 Å². The van der Waals surface area contributed by atoms with Crippen LogP contribution in [-0.2, 0) is 4.79 Å². The second kappa shape index (κ2) is 7.61. The number of carbonyl (C=O) groups is 1. The Balaban J connectivity index is 1.81. The molecule has 0 radical (unpaired) electrons. The number of aryl methyl sites for hydroxylation is 1. The van der Waals surface area contributed by atoms with E-state index in [4.69, 9.17) is 0 Å². The zero-order valence-corrected chi connectivity index (χ0v) is 12.9. The fourth-order valence-electron chi connectivity index (χ4n) is 1.82. The molecule has 6 heteroatoms. The van der Waals surface area contributed by atoms with Crippen molar-refractivity contribution in [1.29, 1.82) is 0 Å². The van der Waals surface area contributed by atoms with E-state index in [1.807, 2.05) is 31.2 Å².